The maximum Gasteiger partial charge on any atom is 0.338 e. The number of fused-ring (bicyclic) bond motifs is 1. The Hall–Kier alpha value is -4.31. The number of carbonyl (C=O) groups excluding carboxylic acids is 1. The second-order valence-electron chi connectivity index (χ2n) is 8.84. The van der Waals surface area contributed by atoms with E-state index in [-0.39, 0.29) is 5.97 Å². The molecule has 5 aromatic rings. The molecule has 0 saturated carbocycles. The number of hydrogen-bond donors (Lipinski definition) is 1. The SMILES string of the molecule is CCOC(=O)c1ccccc1Cc1[nH]c2ccc(OCc3ccc(-c4ccccc4)cc3)cc2c1C. The summed E-state index contributed by atoms with van der Waals surface area (Å²) in [5.74, 6) is 0.546. The standard InChI is InChI=1S/C32H29NO3/c1-3-35-32(34)28-12-8-7-11-26(28)19-31-22(2)29-20-27(17-18-30(29)33-31)36-21-23-13-15-25(16-14-23)24-9-5-4-6-10-24/h4-18,20,33H,3,19,21H2,1-2H3. The predicted octanol–water partition coefficient (Wildman–Crippen LogP) is 7.49. The average Bonchev–Trinajstić information content (AvgIpc) is 3.23. The van der Waals surface area contributed by atoms with E-state index in [0.29, 0.717) is 25.2 Å². The maximum atomic E-state index is 12.4. The van der Waals surface area contributed by atoms with Gasteiger partial charge >= 0.3 is 5.97 Å². The summed E-state index contributed by atoms with van der Waals surface area (Å²) in [7, 11) is 0. The number of aryl methyl sites for hydroxylation is 1. The van der Waals surface area contributed by atoms with Gasteiger partial charge in [-0.2, -0.15) is 0 Å². The van der Waals surface area contributed by atoms with E-state index in [1.807, 2.05) is 43.3 Å². The van der Waals surface area contributed by atoms with Gasteiger partial charge in [0.1, 0.15) is 12.4 Å². The Balaban J connectivity index is 1.31. The lowest BCUT2D eigenvalue weighted by molar-refractivity contribution is 0.0525. The normalized spacial score (nSPS) is 10.9. The molecule has 0 spiro atoms. The summed E-state index contributed by atoms with van der Waals surface area (Å²) in [5.41, 5.74) is 8.37. The van der Waals surface area contributed by atoms with Crippen molar-refractivity contribution in [1.29, 1.82) is 0 Å². The molecule has 0 saturated heterocycles. The zero-order chi connectivity index (χ0) is 24.9. The molecule has 4 nitrogen and oxygen atoms in total. The van der Waals surface area contributed by atoms with Crippen molar-refractivity contribution in [1.82, 2.24) is 4.98 Å². The number of carbonyl (C=O) groups is 1. The molecule has 0 aliphatic carbocycles. The Morgan fingerprint density at radius 3 is 2.33 bits per heavy atom. The highest BCUT2D eigenvalue weighted by molar-refractivity contribution is 5.91. The van der Waals surface area contributed by atoms with Crippen LogP contribution in [-0.4, -0.2) is 17.6 Å². The van der Waals surface area contributed by atoms with Crippen LogP contribution in [0.15, 0.2) is 97.1 Å². The van der Waals surface area contributed by atoms with Gasteiger partial charge in [-0.15, -0.1) is 0 Å². The highest BCUT2D eigenvalue weighted by atomic mass is 16.5. The fraction of sp³-hybridized carbons (Fsp3) is 0.156. The number of H-pyrrole nitrogens is 1. The van der Waals surface area contributed by atoms with E-state index in [4.69, 9.17) is 9.47 Å². The van der Waals surface area contributed by atoms with Crippen LogP contribution in [-0.2, 0) is 17.8 Å². The van der Waals surface area contributed by atoms with Gasteiger partial charge in [-0.25, -0.2) is 4.79 Å². The number of nitrogens with one attached hydrogen (secondary N) is 1. The lowest BCUT2D eigenvalue weighted by atomic mass is 10.0. The highest BCUT2D eigenvalue weighted by Gasteiger charge is 2.15. The van der Waals surface area contributed by atoms with E-state index >= 15 is 0 Å². The van der Waals surface area contributed by atoms with Crippen molar-refractivity contribution >= 4 is 16.9 Å². The zero-order valence-electron chi connectivity index (χ0n) is 20.6. The van der Waals surface area contributed by atoms with Crippen LogP contribution in [0.2, 0.25) is 0 Å². The first-order chi connectivity index (χ1) is 17.6. The van der Waals surface area contributed by atoms with Crippen LogP contribution in [0.25, 0.3) is 22.0 Å². The van der Waals surface area contributed by atoms with E-state index in [1.165, 1.54) is 11.1 Å². The minimum absolute atomic E-state index is 0.283. The molecule has 0 aliphatic rings. The molecule has 5 rings (SSSR count). The third-order valence-corrected chi connectivity index (χ3v) is 6.48. The first-order valence-corrected chi connectivity index (χ1v) is 12.3. The molecule has 0 amide bonds. The number of esters is 1. The minimum Gasteiger partial charge on any atom is -0.489 e. The highest BCUT2D eigenvalue weighted by Crippen LogP contribution is 2.29. The summed E-state index contributed by atoms with van der Waals surface area (Å²) >= 11 is 0. The topological polar surface area (TPSA) is 51.3 Å². The quantitative estimate of drug-likeness (QED) is 0.237. The number of ether oxygens (including phenoxy) is 2. The van der Waals surface area contributed by atoms with Crippen molar-refractivity contribution in [2.75, 3.05) is 6.61 Å². The van der Waals surface area contributed by atoms with E-state index in [1.54, 1.807) is 0 Å². The van der Waals surface area contributed by atoms with Crippen LogP contribution in [0.5, 0.6) is 5.75 Å². The van der Waals surface area contributed by atoms with Crippen LogP contribution in [0.3, 0.4) is 0 Å². The first kappa shape index (κ1) is 23.4. The summed E-state index contributed by atoms with van der Waals surface area (Å²) in [6.45, 7) is 4.79. The van der Waals surface area contributed by atoms with E-state index in [0.717, 1.165) is 39.0 Å². The second kappa shape index (κ2) is 10.5. The number of aromatic nitrogens is 1. The Morgan fingerprint density at radius 2 is 1.56 bits per heavy atom. The van der Waals surface area contributed by atoms with Gasteiger partial charge in [-0.05, 0) is 65.9 Å². The molecule has 1 heterocycles. The molecule has 0 radical (unpaired) electrons. The second-order valence-corrected chi connectivity index (χ2v) is 8.84. The largest absolute Gasteiger partial charge is 0.489 e. The van der Waals surface area contributed by atoms with Crippen LogP contribution in [0.4, 0.5) is 0 Å². The lowest BCUT2D eigenvalue weighted by Crippen LogP contribution is -2.08. The Kier molecular flexibility index (Phi) is 6.85. The van der Waals surface area contributed by atoms with Crippen LogP contribution in [0, 0.1) is 6.92 Å². The first-order valence-electron chi connectivity index (χ1n) is 12.3. The van der Waals surface area contributed by atoms with Crippen molar-refractivity contribution in [3.63, 3.8) is 0 Å². The molecule has 0 fully saturated rings. The van der Waals surface area contributed by atoms with E-state index in [9.17, 15) is 4.79 Å². The maximum absolute atomic E-state index is 12.4. The van der Waals surface area contributed by atoms with Crippen LogP contribution >= 0.6 is 0 Å². The summed E-state index contributed by atoms with van der Waals surface area (Å²) in [6, 6.07) is 32.6. The minimum atomic E-state index is -0.283. The Bertz CT molecular complexity index is 1480. The third kappa shape index (κ3) is 5.03. The summed E-state index contributed by atoms with van der Waals surface area (Å²) in [6.07, 6.45) is 0.624. The number of hydrogen-bond acceptors (Lipinski definition) is 3. The molecule has 0 atom stereocenters. The molecular weight excluding hydrogens is 446 g/mol. The van der Waals surface area contributed by atoms with Crippen molar-refractivity contribution in [2.45, 2.75) is 26.9 Å². The fourth-order valence-corrected chi connectivity index (χ4v) is 4.49. The summed E-state index contributed by atoms with van der Waals surface area (Å²) in [5, 5.41) is 1.12. The van der Waals surface area contributed by atoms with Gasteiger partial charge in [0.15, 0.2) is 0 Å². The molecule has 180 valence electrons. The monoisotopic (exact) mass is 475 g/mol. The van der Waals surface area contributed by atoms with Crippen molar-refractivity contribution in [3.8, 4) is 16.9 Å². The van der Waals surface area contributed by atoms with E-state index < -0.39 is 0 Å². The molecule has 1 N–H and O–H groups in total. The van der Waals surface area contributed by atoms with E-state index in [2.05, 4.69) is 72.6 Å². The van der Waals surface area contributed by atoms with Gasteiger partial charge in [-0.3, -0.25) is 0 Å². The summed E-state index contributed by atoms with van der Waals surface area (Å²) in [4.78, 5) is 15.9. The van der Waals surface area contributed by atoms with Crippen molar-refractivity contribution in [3.05, 3.63) is 125 Å². The third-order valence-electron chi connectivity index (χ3n) is 6.48. The number of rotatable bonds is 8. The Morgan fingerprint density at radius 1 is 0.833 bits per heavy atom. The van der Waals surface area contributed by atoms with Gasteiger partial charge in [0.2, 0.25) is 0 Å². The molecule has 0 unspecified atom stereocenters. The number of aromatic amines is 1. The van der Waals surface area contributed by atoms with Gasteiger partial charge in [0.25, 0.3) is 0 Å². The van der Waals surface area contributed by atoms with Gasteiger partial charge in [0.05, 0.1) is 12.2 Å². The molecule has 1 aromatic heterocycles. The van der Waals surface area contributed by atoms with Crippen LogP contribution < -0.4 is 4.74 Å². The average molecular weight is 476 g/mol. The van der Waals surface area contributed by atoms with Crippen molar-refractivity contribution < 1.29 is 14.3 Å². The van der Waals surface area contributed by atoms with Gasteiger partial charge < -0.3 is 14.5 Å². The van der Waals surface area contributed by atoms with Crippen LogP contribution in [0.1, 0.15) is 39.7 Å². The fourth-order valence-electron chi connectivity index (χ4n) is 4.49. The molecule has 0 aliphatic heterocycles. The zero-order valence-corrected chi connectivity index (χ0v) is 20.6. The smallest absolute Gasteiger partial charge is 0.338 e. The summed E-state index contributed by atoms with van der Waals surface area (Å²) < 4.78 is 11.4. The lowest BCUT2D eigenvalue weighted by Gasteiger charge is -2.09. The predicted molar refractivity (Wildman–Crippen MR) is 144 cm³/mol. The molecule has 4 aromatic carbocycles. The number of benzene rings is 4. The molecule has 36 heavy (non-hydrogen) atoms. The Labute approximate surface area is 211 Å². The molecular formula is C32H29NO3. The van der Waals surface area contributed by atoms with Crippen molar-refractivity contribution in [2.24, 2.45) is 0 Å². The molecule has 4 heteroatoms. The van der Waals surface area contributed by atoms with Gasteiger partial charge in [-0.1, -0.05) is 72.8 Å². The molecule has 0 bridgehead atoms. The van der Waals surface area contributed by atoms with Gasteiger partial charge in [0, 0.05) is 23.0 Å².